The Morgan fingerprint density at radius 2 is 2.19 bits per heavy atom. The van der Waals surface area contributed by atoms with Crippen LogP contribution in [0.3, 0.4) is 0 Å². The molecular weight excluding hydrogens is 350 g/mol. The molecule has 4 nitrogen and oxygen atoms in total. The summed E-state index contributed by atoms with van der Waals surface area (Å²) < 4.78 is 2.71. The molecule has 3 aromatic heterocycles. The average molecular weight is 364 g/mol. The fraction of sp³-hybridized carbons (Fsp3) is 0.333. The Balaban J connectivity index is 2.06. The number of rotatable bonds is 2. The van der Waals surface area contributed by atoms with E-state index in [2.05, 4.69) is 20.9 Å². The molecule has 1 aliphatic carbocycles. The minimum absolute atomic E-state index is 0.0869. The first-order chi connectivity index (χ1) is 10.3. The molecule has 0 aromatic carbocycles. The zero-order valence-electron chi connectivity index (χ0n) is 11.3. The number of fused-ring (bicyclic) bond motifs is 1. The lowest BCUT2D eigenvalue weighted by Gasteiger charge is -2.05. The van der Waals surface area contributed by atoms with Crippen LogP contribution < -0.4 is 5.56 Å². The van der Waals surface area contributed by atoms with Gasteiger partial charge in [-0.25, -0.2) is 4.68 Å². The fourth-order valence-corrected chi connectivity index (χ4v) is 4.32. The summed E-state index contributed by atoms with van der Waals surface area (Å²) in [7, 11) is 0. The zero-order valence-corrected chi connectivity index (χ0v) is 13.7. The number of hydrogen-bond donors (Lipinski definition) is 1. The third-order valence-corrected chi connectivity index (χ3v) is 5.49. The van der Waals surface area contributed by atoms with Gasteiger partial charge in [0, 0.05) is 27.4 Å². The molecule has 0 amide bonds. The topological polar surface area (TPSA) is 50.7 Å². The number of aromatic amines is 1. The van der Waals surface area contributed by atoms with E-state index in [9.17, 15) is 4.79 Å². The third-order valence-electron chi connectivity index (χ3n) is 4.19. The average Bonchev–Trinajstić information content (AvgIpc) is 3.21. The van der Waals surface area contributed by atoms with Crippen molar-refractivity contribution in [2.45, 2.75) is 31.6 Å². The smallest absolute Gasteiger partial charge is 0.274 e. The number of halogens is 1. The van der Waals surface area contributed by atoms with E-state index < -0.39 is 0 Å². The molecule has 1 fully saturated rings. The highest BCUT2D eigenvalue weighted by Gasteiger charge is 2.26. The summed E-state index contributed by atoms with van der Waals surface area (Å²) in [6.07, 6.45) is 6.54. The molecule has 21 heavy (non-hydrogen) atoms. The Morgan fingerprint density at radius 1 is 1.38 bits per heavy atom. The second-order valence-corrected chi connectivity index (χ2v) is 7.08. The van der Waals surface area contributed by atoms with Gasteiger partial charge in [-0.15, -0.1) is 0 Å². The van der Waals surface area contributed by atoms with Gasteiger partial charge in [0.1, 0.15) is 5.52 Å². The first-order valence-corrected chi connectivity index (χ1v) is 8.81. The molecular formula is C15H14BrN3OS. The van der Waals surface area contributed by atoms with Crippen molar-refractivity contribution in [1.29, 1.82) is 0 Å². The van der Waals surface area contributed by atoms with E-state index in [0.29, 0.717) is 11.4 Å². The number of H-pyrrole nitrogens is 1. The second-order valence-electron chi connectivity index (χ2n) is 5.45. The number of nitrogens with one attached hydrogen (secondary N) is 1. The van der Waals surface area contributed by atoms with Gasteiger partial charge in [0.05, 0.1) is 11.4 Å². The third kappa shape index (κ3) is 2.08. The van der Waals surface area contributed by atoms with Crippen LogP contribution in [0.25, 0.3) is 16.6 Å². The molecule has 1 aliphatic rings. The lowest BCUT2D eigenvalue weighted by atomic mass is 10.0. The van der Waals surface area contributed by atoms with E-state index in [1.807, 2.05) is 16.8 Å². The standard InChI is InChI=1S/C15H14BrN3OS/c16-11-7-17-15(20)14-12(11)13(9-3-1-2-4-9)18-19(14)10-5-6-21-8-10/h5-9H,1-4H2,(H,17,20). The van der Waals surface area contributed by atoms with Crippen molar-refractivity contribution < 1.29 is 0 Å². The molecule has 6 heteroatoms. The van der Waals surface area contributed by atoms with Gasteiger partial charge in [-0.1, -0.05) is 12.8 Å². The normalized spacial score (nSPS) is 16.0. The molecule has 0 atom stereocenters. The molecule has 4 rings (SSSR count). The van der Waals surface area contributed by atoms with Gasteiger partial charge in [-0.3, -0.25) is 4.79 Å². The number of aromatic nitrogens is 3. The van der Waals surface area contributed by atoms with Gasteiger partial charge in [0.25, 0.3) is 5.56 Å². The van der Waals surface area contributed by atoms with Crippen LogP contribution in [0.4, 0.5) is 0 Å². The molecule has 0 spiro atoms. The van der Waals surface area contributed by atoms with Crippen molar-refractivity contribution in [3.8, 4) is 5.69 Å². The van der Waals surface area contributed by atoms with Gasteiger partial charge < -0.3 is 4.98 Å². The molecule has 3 heterocycles. The molecule has 0 radical (unpaired) electrons. The number of nitrogens with zero attached hydrogens (tertiary/aromatic N) is 2. The van der Waals surface area contributed by atoms with E-state index in [-0.39, 0.29) is 5.56 Å². The van der Waals surface area contributed by atoms with E-state index in [0.717, 1.165) is 34.1 Å². The first kappa shape index (κ1) is 13.3. The summed E-state index contributed by atoms with van der Waals surface area (Å²) in [6.45, 7) is 0. The van der Waals surface area contributed by atoms with Gasteiger partial charge >= 0.3 is 0 Å². The van der Waals surface area contributed by atoms with Crippen LogP contribution in [0.2, 0.25) is 0 Å². The number of hydrogen-bond acceptors (Lipinski definition) is 3. The maximum absolute atomic E-state index is 12.3. The summed E-state index contributed by atoms with van der Waals surface area (Å²) in [5.41, 5.74) is 2.57. The molecule has 108 valence electrons. The minimum Gasteiger partial charge on any atom is -0.326 e. The fourth-order valence-electron chi connectivity index (χ4n) is 3.20. The highest BCUT2D eigenvalue weighted by Crippen LogP contribution is 2.39. The molecule has 0 unspecified atom stereocenters. The predicted molar refractivity (Wildman–Crippen MR) is 88.5 cm³/mol. The van der Waals surface area contributed by atoms with Crippen molar-refractivity contribution in [2.75, 3.05) is 0 Å². The van der Waals surface area contributed by atoms with Crippen LogP contribution >= 0.6 is 27.3 Å². The predicted octanol–water partition coefficient (Wildman–Crippen LogP) is 4.20. The SMILES string of the molecule is O=c1[nH]cc(Br)c2c(C3CCCC3)nn(-c3ccsc3)c12. The number of pyridine rings is 1. The molecule has 3 aromatic rings. The van der Waals surface area contributed by atoms with E-state index in [1.54, 1.807) is 22.2 Å². The summed E-state index contributed by atoms with van der Waals surface area (Å²) in [6, 6.07) is 2.00. The monoisotopic (exact) mass is 363 g/mol. The molecule has 0 bridgehead atoms. The van der Waals surface area contributed by atoms with Crippen molar-refractivity contribution in [2.24, 2.45) is 0 Å². The largest absolute Gasteiger partial charge is 0.326 e. The molecule has 1 N–H and O–H groups in total. The van der Waals surface area contributed by atoms with Crippen molar-refractivity contribution in [1.82, 2.24) is 14.8 Å². The number of thiophene rings is 1. The van der Waals surface area contributed by atoms with E-state index >= 15 is 0 Å². The zero-order chi connectivity index (χ0) is 14.4. The van der Waals surface area contributed by atoms with E-state index in [4.69, 9.17) is 5.10 Å². The highest BCUT2D eigenvalue weighted by molar-refractivity contribution is 9.10. The molecule has 1 saturated carbocycles. The van der Waals surface area contributed by atoms with Crippen molar-refractivity contribution in [3.05, 3.63) is 43.5 Å². The van der Waals surface area contributed by atoms with Crippen molar-refractivity contribution >= 4 is 38.2 Å². The van der Waals surface area contributed by atoms with Gasteiger partial charge in [-0.2, -0.15) is 16.4 Å². The maximum atomic E-state index is 12.3. The summed E-state index contributed by atoms with van der Waals surface area (Å²) >= 11 is 5.19. The lowest BCUT2D eigenvalue weighted by Crippen LogP contribution is -2.10. The Morgan fingerprint density at radius 3 is 2.90 bits per heavy atom. The van der Waals surface area contributed by atoms with Crippen LogP contribution in [-0.2, 0) is 0 Å². The van der Waals surface area contributed by atoms with Gasteiger partial charge in [0.15, 0.2) is 0 Å². The van der Waals surface area contributed by atoms with Crippen LogP contribution in [0.5, 0.6) is 0 Å². The van der Waals surface area contributed by atoms with E-state index in [1.165, 1.54) is 12.8 Å². The van der Waals surface area contributed by atoms with Crippen LogP contribution in [-0.4, -0.2) is 14.8 Å². The quantitative estimate of drug-likeness (QED) is 0.741. The second kappa shape index (κ2) is 5.10. The van der Waals surface area contributed by atoms with Crippen molar-refractivity contribution in [3.63, 3.8) is 0 Å². The Bertz CT molecular complexity index is 844. The molecule has 0 saturated heterocycles. The first-order valence-electron chi connectivity index (χ1n) is 7.08. The van der Waals surface area contributed by atoms with Crippen LogP contribution in [0.1, 0.15) is 37.3 Å². The van der Waals surface area contributed by atoms with Gasteiger partial charge in [0.2, 0.25) is 0 Å². The van der Waals surface area contributed by atoms with Crippen LogP contribution in [0.15, 0.2) is 32.3 Å². The Labute approximate surface area is 133 Å². The van der Waals surface area contributed by atoms with Crippen LogP contribution in [0, 0.1) is 0 Å². The maximum Gasteiger partial charge on any atom is 0.274 e. The lowest BCUT2D eigenvalue weighted by molar-refractivity contribution is 0.684. The summed E-state index contributed by atoms with van der Waals surface area (Å²) in [4.78, 5) is 15.1. The molecule has 0 aliphatic heterocycles. The minimum atomic E-state index is -0.0869. The Hall–Kier alpha value is -1.40. The highest BCUT2D eigenvalue weighted by atomic mass is 79.9. The summed E-state index contributed by atoms with van der Waals surface area (Å²) in [5.74, 6) is 0.463. The van der Waals surface area contributed by atoms with Gasteiger partial charge in [-0.05, 0) is 40.2 Å². The Kier molecular flexibility index (Phi) is 3.23. The summed E-state index contributed by atoms with van der Waals surface area (Å²) in [5, 5.41) is 9.80.